The number of nitrogens with zero attached hydrogens (tertiary/aromatic N) is 3. The molecule has 0 aromatic carbocycles. The Labute approximate surface area is 134 Å². The highest BCUT2D eigenvalue weighted by molar-refractivity contribution is 5.94. The Morgan fingerprint density at radius 2 is 1.91 bits per heavy atom. The summed E-state index contributed by atoms with van der Waals surface area (Å²) in [6, 6.07) is 5.36. The van der Waals surface area contributed by atoms with Crippen LogP contribution in [-0.4, -0.2) is 52.8 Å². The first-order chi connectivity index (χ1) is 11.2. The van der Waals surface area contributed by atoms with Crippen molar-refractivity contribution in [2.75, 3.05) is 26.2 Å². The second-order valence-corrected chi connectivity index (χ2v) is 5.25. The van der Waals surface area contributed by atoms with Crippen molar-refractivity contribution in [1.82, 2.24) is 14.8 Å². The molecule has 2 aromatic heterocycles. The Bertz CT molecular complexity index is 687. The van der Waals surface area contributed by atoms with Crippen molar-refractivity contribution < 1.29 is 14.0 Å². The largest absolute Gasteiger partial charge is 0.472 e. The number of hydrogen-bond donors (Lipinski definition) is 0. The molecule has 0 atom stereocenters. The first-order valence-corrected chi connectivity index (χ1v) is 7.42. The van der Waals surface area contributed by atoms with Crippen LogP contribution in [0.25, 0.3) is 6.08 Å². The Balaban J connectivity index is 1.53. The average molecular weight is 311 g/mol. The molecule has 3 rings (SSSR count). The standard InChI is InChI=1S/C17H17N3O3/c21-16(4-3-14-2-1-6-18-12-14)19-7-9-20(10-8-19)17(22)15-5-11-23-13-15/h1-6,11-13H,7-10H2/b4-3+. The smallest absolute Gasteiger partial charge is 0.257 e. The lowest BCUT2D eigenvalue weighted by Gasteiger charge is -2.34. The van der Waals surface area contributed by atoms with E-state index in [2.05, 4.69) is 4.98 Å². The van der Waals surface area contributed by atoms with E-state index >= 15 is 0 Å². The molecule has 0 radical (unpaired) electrons. The molecular formula is C17H17N3O3. The minimum atomic E-state index is -0.0586. The van der Waals surface area contributed by atoms with Gasteiger partial charge in [0.25, 0.3) is 5.91 Å². The maximum atomic E-state index is 12.2. The van der Waals surface area contributed by atoms with Crippen LogP contribution in [0.5, 0.6) is 0 Å². The zero-order valence-electron chi connectivity index (χ0n) is 12.6. The van der Waals surface area contributed by atoms with Crippen molar-refractivity contribution in [3.8, 4) is 0 Å². The van der Waals surface area contributed by atoms with E-state index in [0.717, 1.165) is 5.56 Å². The van der Waals surface area contributed by atoms with Gasteiger partial charge in [0.1, 0.15) is 6.26 Å². The number of aromatic nitrogens is 1. The second-order valence-electron chi connectivity index (χ2n) is 5.25. The summed E-state index contributed by atoms with van der Waals surface area (Å²) in [7, 11) is 0. The van der Waals surface area contributed by atoms with Gasteiger partial charge in [-0.1, -0.05) is 6.07 Å². The van der Waals surface area contributed by atoms with Crippen molar-refractivity contribution in [1.29, 1.82) is 0 Å². The van der Waals surface area contributed by atoms with Crippen LogP contribution < -0.4 is 0 Å². The first-order valence-electron chi connectivity index (χ1n) is 7.42. The molecule has 0 N–H and O–H groups in total. The van der Waals surface area contributed by atoms with Crippen molar-refractivity contribution in [2.24, 2.45) is 0 Å². The van der Waals surface area contributed by atoms with Crippen LogP contribution in [0.1, 0.15) is 15.9 Å². The van der Waals surface area contributed by atoms with E-state index in [1.165, 1.54) is 12.5 Å². The summed E-state index contributed by atoms with van der Waals surface area (Å²) in [4.78, 5) is 31.8. The summed E-state index contributed by atoms with van der Waals surface area (Å²) >= 11 is 0. The number of hydrogen-bond acceptors (Lipinski definition) is 4. The molecule has 1 aliphatic rings. The summed E-state index contributed by atoms with van der Waals surface area (Å²) in [5.74, 6) is -0.110. The van der Waals surface area contributed by atoms with Gasteiger partial charge in [-0.2, -0.15) is 0 Å². The quantitative estimate of drug-likeness (QED) is 0.809. The van der Waals surface area contributed by atoms with Crippen LogP contribution in [0.2, 0.25) is 0 Å². The molecule has 1 aliphatic heterocycles. The Hall–Kier alpha value is -2.89. The molecule has 0 spiro atoms. The summed E-state index contributed by atoms with van der Waals surface area (Å²) < 4.78 is 4.93. The number of rotatable bonds is 3. The lowest BCUT2D eigenvalue weighted by Crippen LogP contribution is -2.50. The average Bonchev–Trinajstić information content (AvgIpc) is 3.15. The second kappa shape index (κ2) is 6.91. The molecule has 118 valence electrons. The molecule has 2 amide bonds. The molecule has 6 nitrogen and oxygen atoms in total. The third-order valence-electron chi connectivity index (χ3n) is 3.75. The van der Waals surface area contributed by atoms with Gasteiger partial charge in [-0.3, -0.25) is 14.6 Å². The van der Waals surface area contributed by atoms with Crippen molar-refractivity contribution in [3.63, 3.8) is 0 Å². The first kappa shape index (κ1) is 15.0. The van der Waals surface area contributed by atoms with E-state index in [4.69, 9.17) is 4.42 Å². The number of carbonyl (C=O) groups is 2. The number of amides is 2. The van der Waals surface area contributed by atoms with E-state index < -0.39 is 0 Å². The topological polar surface area (TPSA) is 66.7 Å². The van der Waals surface area contributed by atoms with Gasteiger partial charge in [-0.05, 0) is 23.8 Å². The third kappa shape index (κ3) is 3.66. The Kier molecular flexibility index (Phi) is 4.52. The third-order valence-corrected chi connectivity index (χ3v) is 3.75. The van der Waals surface area contributed by atoms with Gasteiger partial charge in [0.2, 0.25) is 5.91 Å². The zero-order chi connectivity index (χ0) is 16.1. The predicted octanol–water partition coefficient (Wildman–Crippen LogP) is 1.67. The molecule has 6 heteroatoms. The molecule has 0 unspecified atom stereocenters. The van der Waals surface area contributed by atoms with Gasteiger partial charge in [-0.25, -0.2) is 0 Å². The molecule has 0 saturated carbocycles. The molecule has 1 fully saturated rings. The van der Waals surface area contributed by atoms with Gasteiger partial charge < -0.3 is 14.2 Å². The zero-order valence-corrected chi connectivity index (χ0v) is 12.6. The normalized spacial score (nSPS) is 15.1. The SMILES string of the molecule is O=C(/C=C/c1cccnc1)N1CCN(C(=O)c2ccoc2)CC1. The van der Waals surface area contributed by atoms with E-state index in [1.807, 2.05) is 12.1 Å². The molecule has 1 saturated heterocycles. The fraction of sp³-hybridized carbons (Fsp3) is 0.235. The molecule has 0 aliphatic carbocycles. The highest BCUT2D eigenvalue weighted by Gasteiger charge is 2.24. The van der Waals surface area contributed by atoms with Crippen LogP contribution in [-0.2, 0) is 4.79 Å². The number of carbonyl (C=O) groups excluding carboxylic acids is 2. The minimum absolute atomic E-state index is 0.0516. The lowest BCUT2D eigenvalue weighted by molar-refractivity contribution is -0.127. The van der Waals surface area contributed by atoms with Gasteiger partial charge in [0.05, 0.1) is 11.8 Å². The molecule has 3 heterocycles. The number of piperazine rings is 1. The van der Waals surface area contributed by atoms with Gasteiger partial charge in [0.15, 0.2) is 0 Å². The molecule has 0 bridgehead atoms. The van der Waals surface area contributed by atoms with Crippen molar-refractivity contribution in [3.05, 3.63) is 60.3 Å². The van der Waals surface area contributed by atoms with Crippen LogP contribution in [0, 0.1) is 0 Å². The van der Waals surface area contributed by atoms with Gasteiger partial charge in [-0.15, -0.1) is 0 Å². The van der Waals surface area contributed by atoms with Gasteiger partial charge >= 0.3 is 0 Å². The van der Waals surface area contributed by atoms with E-state index in [1.54, 1.807) is 40.4 Å². The maximum absolute atomic E-state index is 12.2. The van der Waals surface area contributed by atoms with Crippen molar-refractivity contribution in [2.45, 2.75) is 0 Å². The molecular weight excluding hydrogens is 294 g/mol. The summed E-state index contributed by atoms with van der Waals surface area (Å²) in [6.07, 6.45) is 9.61. The fourth-order valence-corrected chi connectivity index (χ4v) is 2.45. The molecule has 2 aromatic rings. The maximum Gasteiger partial charge on any atom is 0.257 e. The summed E-state index contributed by atoms with van der Waals surface area (Å²) in [5.41, 5.74) is 1.43. The lowest BCUT2D eigenvalue weighted by atomic mass is 10.2. The Morgan fingerprint density at radius 1 is 1.13 bits per heavy atom. The van der Waals surface area contributed by atoms with E-state index in [9.17, 15) is 9.59 Å². The van der Waals surface area contributed by atoms with Gasteiger partial charge in [0, 0.05) is 44.6 Å². The van der Waals surface area contributed by atoms with Crippen molar-refractivity contribution >= 4 is 17.9 Å². The van der Waals surface area contributed by atoms with Crippen LogP contribution >= 0.6 is 0 Å². The van der Waals surface area contributed by atoms with E-state index in [0.29, 0.717) is 31.7 Å². The van der Waals surface area contributed by atoms with E-state index in [-0.39, 0.29) is 11.8 Å². The predicted molar refractivity (Wildman–Crippen MR) is 84.5 cm³/mol. The van der Waals surface area contributed by atoms with Crippen LogP contribution in [0.4, 0.5) is 0 Å². The monoisotopic (exact) mass is 311 g/mol. The summed E-state index contributed by atoms with van der Waals surface area (Å²) in [5, 5.41) is 0. The number of furan rings is 1. The van der Waals surface area contributed by atoms with Crippen LogP contribution in [0.15, 0.2) is 53.6 Å². The highest BCUT2D eigenvalue weighted by atomic mass is 16.3. The minimum Gasteiger partial charge on any atom is -0.472 e. The fourth-order valence-electron chi connectivity index (χ4n) is 2.45. The number of pyridine rings is 1. The summed E-state index contributed by atoms with van der Waals surface area (Å²) in [6.45, 7) is 2.10. The highest BCUT2D eigenvalue weighted by Crippen LogP contribution is 2.10. The Morgan fingerprint density at radius 3 is 2.57 bits per heavy atom. The van der Waals surface area contributed by atoms with Crippen LogP contribution in [0.3, 0.4) is 0 Å². The molecule has 23 heavy (non-hydrogen) atoms.